The van der Waals surface area contributed by atoms with Crippen molar-refractivity contribution in [3.8, 4) is 0 Å². The highest BCUT2D eigenvalue weighted by molar-refractivity contribution is 5.03. The Morgan fingerprint density at radius 1 is 0.697 bits per heavy atom. The molecule has 0 aromatic heterocycles. The SMILES string of the molecule is FC(C(F)(F)F)C(F)(F)CC1COC(C(F)(C(F)N(C(F)(F)F)C(F)(F)F)C(F)(F)F)CO1. The molecule has 0 aliphatic carbocycles. The number of nitrogens with zero attached hydrogens (tertiary/aromatic N) is 1. The van der Waals surface area contributed by atoms with Crippen LogP contribution >= 0.6 is 0 Å². The lowest BCUT2D eigenvalue weighted by molar-refractivity contribution is -0.428. The Hall–Kier alpha value is -1.31. The first kappa shape index (κ1) is 29.7. The third-order valence-corrected chi connectivity index (χ3v) is 4.15. The van der Waals surface area contributed by atoms with Crippen LogP contribution in [0.4, 0.5) is 74.6 Å². The monoisotopic (exact) mass is 535 g/mol. The van der Waals surface area contributed by atoms with Crippen molar-refractivity contribution in [3.05, 3.63) is 0 Å². The molecule has 0 bridgehead atoms. The fourth-order valence-electron chi connectivity index (χ4n) is 2.61. The lowest BCUT2D eigenvalue weighted by Gasteiger charge is -2.44. The Labute approximate surface area is 171 Å². The third-order valence-electron chi connectivity index (χ3n) is 4.15. The molecular formula is C13H10F17NO2. The highest BCUT2D eigenvalue weighted by Crippen LogP contribution is 2.49. The van der Waals surface area contributed by atoms with Gasteiger partial charge in [-0.1, -0.05) is 4.90 Å². The summed E-state index contributed by atoms with van der Waals surface area (Å²) in [4.78, 5) is -3.37. The summed E-state index contributed by atoms with van der Waals surface area (Å²) in [5.74, 6) is -5.28. The van der Waals surface area contributed by atoms with Crippen molar-refractivity contribution in [1.29, 1.82) is 0 Å². The van der Waals surface area contributed by atoms with E-state index in [2.05, 4.69) is 9.47 Å². The van der Waals surface area contributed by atoms with E-state index in [1.165, 1.54) is 0 Å². The van der Waals surface area contributed by atoms with Crippen LogP contribution in [0.1, 0.15) is 6.42 Å². The highest BCUT2D eigenvalue weighted by atomic mass is 19.4. The van der Waals surface area contributed by atoms with E-state index in [-0.39, 0.29) is 0 Å². The lowest BCUT2D eigenvalue weighted by Crippen LogP contribution is -2.69. The summed E-state index contributed by atoms with van der Waals surface area (Å²) < 4.78 is 227. The molecule has 1 heterocycles. The Morgan fingerprint density at radius 2 is 1.15 bits per heavy atom. The zero-order valence-electron chi connectivity index (χ0n) is 15.1. The van der Waals surface area contributed by atoms with E-state index in [1.807, 2.05) is 0 Å². The smallest absolute Gasteiger partial charge is 0.373 e. The molecule has 1 aliphatic rings. The van der Waals surface area contributed by atoms with Gasteiger partial charge in [0.05, 0.1) is 19.3 Å². The number of ether oxygens (including phenoxy) is 2. The van der Waals surface area contributed by atoms with Crippen molar-refractivity contribution in [2.24, 2.45) is 0 Å². The quantitative estimate of drug-likeness (QED) is 0.327. The van der Waals surface area contributed by atoms with Gasteiger partial charge in [-0.05, 0) is 0 Å². The lowest BCUT2D eigenvalue weighted by atomic mass is 9.94. The van der Waals surface area contributed by atoms with Crippen LogP contribution in [0.15, 0.2) is 0 Å². The number of rotatable bonds is 6. The van der Waals surface area contributed by atoms with Gasteiger partial charge in [-0.2, -0.15) is 52.7 Å². The molecule has 1 fully saturated rings. The zero-order chi connectivity index (χ0) is 26.4. The van der Waals surface area contributed by atoms with E-state index in [0.29, 0.717) is 0 Å². The Morgan fingerprint density at radius 3 is 1.45 bits per heavy atom. The summed E-state index contributed by atoms with van der Waals surface area (Å²) in [7, 11) is 0. The summed E-state index contributed by atoms with van der Waals surface area (Å²) >= 11 is 0. The van der Waals surface area contributed by atoms with Crippen LogP contribution in [-0.4, -0.2) is 79.3 Å². The molecule has 0 N–H and O–H groups in total. The molecule has 0 amide bonds. The van der Waals surface area contributed by atoms with E-state index in [0.717, 1.165) is 0 Å². The van der Waals surface area contributed by atoms with Gasteiger partial charge in [0.2, 0.25) is 6.30 Å². The maximum atomic E-state index is 14.5. The molecule has 0 radical (unpaired) electrons. The van der Waals surface area contributed by atoms with Crippen LogP contribution in [0.25, 0.3) is 0 Å². The van der Waals surface area contributed by atoms with Crippen molar-refractivity contribution in [2.45, 2.75) is 67.6 Å². The molecule has 3 nitrogen and oxygen atoms in total. The Kier molecular flexibility index (Phi) is 8.15. The molecule has 20 heteroatoms. The fraction of sp³-hybridized carbons (Fsp3) is 1.00. The molecule has 0 aromatic rings. The van der Waals surface area contributed by atoms with Gasteiger partial charge in [-0.15, -0.1) is 0 Å². The topological polar surface area (TPSA) is 21.7 Å². The molecule has 198 valence electrons. The maximum Gasteiger partial charge on any atom is 0.469 e. The molecule has 0 spiro atoms. The van der Waals surface area contributed by atoms with Gasteiger partial charge in [-0.25, -0.2) is 22.0 Å². The first-order valence-corrected chi connectivity index (χ1v) is 8.01. The molecule has 1 aliphatic heterocycles. The minimum Gasteiger partial charge on any atom is -0.373 e. The molecule has 0 aromatic carbocycles. The van der Waals surface area contributed by atoms with Crippen LogP contribution in [-0.2, 0) is 9.47 Å². The predicted molar refractivity (Wildman–Crippen MR) is 68.7 cm³/mol. The van der Waals surface area contributed by atoms with Crippen molar-refractivity contribution in [1.82, 2.24) is 4.90 Å². The van der Waals surface area contributed by atoms with Crippen LogP contribution in [0, 0.1) is 0 Å². The summed E-state index contributed by atoms with van der Waals surface area (Å²) in [6.07, 6.45) is -45.5. The molecule has 5 unspecified atom stereocenters. The van der Waals surface area contributed by atoms with E-state index in [4.69, 9.17) is 0 Å². The Bertz CT molecular complexity index is 633. The van der Waals surface area contributed by atoms with Gasteiger partial charge in [0, 0.05) is 6.42 Å². The molecular weight excluding hydrogens is 525 g/mol. The molecule has 0 saturated carbocycles. The van der Waals surface area contributed by atoms with Crippen LogP contribution in [0.5, 0.6) is 0 Å². The molecule has 1 saturated heterocycles. The maximum absolute atomic E-state index is 14.5. The van der Waals surface area contributed by atoms with Crippen molar-refractivity contribution in [3.63, 3.8) is 0 Å². The van der Waals surface area contributed by atoms with Crippen LogP contribution in [0.3, 0.4) is 0 Å². The first-order chi connectivity index (χ1) is 14.4. The molecule has 1 rings (SSSR count). The van der Waals surface area contributed by atoms with Gasteiger partial charge in [-0.3, -0.25) is 0 Å². The van der Waals surface area contributed by atoms with Crippen molar-refractivity contribution < 1.29 is 84.1 Å². The zero-order valence-corrected chi connectivity index (χ0v) is 15.1. The van der Waals surface area contributed by atoms with E-state index >= 15 is 0 Å². The van der Waals surface area contributed by atoms with Crippen molar-refractivity contribution >= 4 is 0 Å². The average molecular weight is 535 g/mol. The highest BCUT2D eigenvalue weighted by Gasteiger charge is 2.74. The number of halogens is 17. The summed E-state index contributed by atoms with van der Waals surface area (Å²) in [5, 5.41) is 0. The predicted octanol–water partition coefficient (Wildman–Crippen LogP) is 5.60. The second-order valence-electron chi connectivity index (χ2n) is 6.55. The number of hydrogen-bond acceptors (Lipinski definition) is 3. The number of alkyl halides is 17. The third kappa shape index (κ3) is 6.43. The fourth-order valence-corrected chi connectivity index (χ4v) is 2.61. The van der Waals surface area contributed by atoms with E-state index in [1.54, 1.807) is 0 Å². The van der Waals surface area contributed by atoms with Crippen molar-refractivity contribution in [2.75, 3.05) is 13.2 Å². The number of hydrogen-bond donors (Lipinski definition) is 0. The van der Waals surface area contributed by atoms with Crippen LogP contribution in [0.2, 0.25) is 0 Å². The minimum atomic E-state index is -6.94. The Balaban J connectivity index is 3.15. The first-order valence-electron chi connectivity index (χ1n) is 8.01. The van der Waals surface area contributed by atoms with Gasteiger partial charge in [0.1, 0.15) is 6.10 Å². The summed E-state index contributed by atoms with van der Waals surface area (Å²) in [6, 6.07) is 0. The molecule has 33 heavy (non-hydrogen) atoms. The largest absolute Gasteiger partial charge is 0.469 e. The van der Waals surface area contributed by atoms with E-state index in [9.17, 15) is 74.6 Å². The normalized spacial score (nSPS) is 25.6. The minimum absolute atomic E-state index is 1.79. The van der Waals surface area contributed by atoms with E-state index < -0.39 is 85.8 Å². The molecule has 5 atom stereocenters. The van der Waals surface area contributed by atoms with Crippen LogP contribution < -0.4 is 0 Å². The standard InChI is InChI=1S/C13H10F17NO2/c14-6(10(19,20)21)8(16,17)1-4-2-33-5(3-32-4)9(18,11(22,23)24)7(15)31(12(25,26)27)13(28,29)30/h4-7H,1-3H2. The van der Waals surface area contributed by atoms with Gasteiger partial charge >= 0.3 is 25.0 Å². The second kappa shape index (κ2) is 9.04. The summed E-state index contributed by atoms with van der Waals surface area (Å²) in [6.45, 7) is -3.93. The van der Waals surface area contributed by atoms with Gasteiger partial charge in [0.15, 0.2) is 0 Å². The van der Waals surface area contributed by atoms with Gasteiger partial charge < -0.3 is 9.47 Å². The second-order valence-corrected chi connectivity index (χ2v) is 6.55. The van der Waals surface area contributed by atoms with Gasteiger partial charge in [0.25, 0.3) is 17.8 Å². The average Bonchev–Trinajstić information content (AvgIpc) is 2.56. The summed E-state index contributed by atoms with van der Waals surface area (Å²) in [5.41, 5.74) is -6.12.